The van der Waals surface area contributed by atoms with Crippen molar-refractivity contribution in [2.45, 2.75) is 68.0 Å². The van der Waals surface area contributed by atoms with Crippen LogP contribution in [0.25, 0.3) is 0 Å². The molecule has 284 valence electrons. The highest BCUT2D eigenvalue weighted by atomic mass is 35.5. The molecule has 0 saturated carbocycles. The maximum atomic E-state index is 12.7. The summed E-state index contributed by atoms with van der Waals surface area (Å²) >= 11 is 6.32. The highest BCUT2D eigenvalue weighted by Crippen LogP contribution is 2.42. The van der Waals surface area contributed by atoms with Crippen molar-refractivity contribution in [1.82, 2.24) is 9.80 Å². The molecule has 6 rings (SSSR count). The van der Waals surface area contributed by atoms with Crippen molar-refractivity contribution in [2.75, 3.05) is 61.0 Å². The molecular formula is C34H47ClN2O13S. The van der Waals surface area contributed by atoms with Gasteiger partial charge in [0.1, 0.15) is 56.8 Å². The Kier molecular flexibility index (Phi) is 13.7. The highest BCUT2D eigenvalue weighted by molar-refractivity contribution is 7.86. The van der Waals surface area contributed by atoms with E-state index in [-0.39, 0.29) is 51.9 Å². The van der Waals surface area contributed by atoms with Gasteiger partial charge in [0, 0.05) is 35.0 Å². The van der Waals surface area contributed by atoms with Crippen LogP contribution in [0, 0.1) is 0 Å². The second-order valence-electron chi connectivity index (χ2n) is 12.1. The largest absolute Gasteiger partial charge is 0.445 e. The standard InChI is InChI=1S/C17H23NO8S.C16H20ClNO5.CH4/c1-22-17(23-2)11-25-14-13(26-27(3,20)21)9-18(15(14)17)16(19)24-10-12-7-5-4-6-8-12;1-20-16(21-2)10-23-13-12(17)8-18(14(13)16)15(19)22-9-11-6-4-3-5-7-11;/h4-8,13-15H,9-11H2,1-3H3;3-7,12-14H,8-10H2,1-2H3;1H4/t13-,14-,15+;12-,13+,14-;/m10./s1. The molecular weight excluding hydrogens is 712 g/mol. The molecule has 2 aromatic carbocycles. The van der Waals surface area contributed by atoms with Crippen molar-refractivity contribution in [3.05, 3.63) is 71.8 Å². The smallest absolute Gasteiger partial charge is 0.410 e. The second kappa shape index (κ2) is 17.2. The van der Waals surface area contributed by atoms with Crippen molar-refractivity contribution < 1.29 is 60.1 Å². The first-order valence-electron chi connectivity index (χ1n) is 15.8. The Balaban J connectivity index is 0.000000227. The molecule has 0 aliphatic carbocycles. The zero-order valence-corrected chi connectivity index (χ0v) is 30.0. The number of fused-ring (bicyclic) bond motifs is 2. The molecule has 4 aliphatic rings. The molecule has 6 atom stereocenters. The first-order valence-corrected chi connectivity index (χ1v) is 18.1. The van der Waals surface area contributed by atoms with E-state index < -0.39 is 58.2 Å². The third kappa shape index (κ3) is 8.77. The van der Waals surface area contributed by atoms with E-state index in [0.717, 1.165) is 17.4 Å². The van der Waals surface area contributed by atoms with E-state index in [1.54, 1.807) is 4.90 Å². The van der Waals surface area contributed by atoms with Gasteiger partial charge in [-0.15, -0.1) is 11.6 Å². The number of rotatable bonds is 10. The lowest BCUT2D eigenvalue weighted by molar-refractivity contribution is -0.224. The molecule has 0 radical (unpaired) electrons. The van der Waals surface area contributed by atoms with Gasteiger partial charge in [-0.05, 0) is 11.1 Å². The summed E-state index contributed by atoms with van der Waals surface area (Å²) in [5, 5.41) is -0.323. The number of hydrogen-bond acceptors (Lipinski definition) is 13. The predicted octanol–water partition coefficient (Wildman–Crippen LogP) is 3.38. The van der Waals surface area contributed by atoms with E-state index >= 15 is 0 Å². The van der Waals surface area contributed by atoms with Gasteiger partial charge in [0.05, 0.1) is 18.2 Å². The number of likely N-dealkylation sites (tertiary alicyclic amines) is 2. The lowest BCUT2D eigenvalue weighted by Crippen LogP contribution is -2.55. The highest BCUT2D eigenvalue weighted by Gasteiger charge is 2.63. The number of halogens is 1. The van der Waals surface area contributed by atoms with Crippen LogP contribution >= 0.6 is 11.6 Å². The Morgan fingerprint density at radius 1 is 0.745 bits per heavy atom. The lowest BCUT2D eigenvalue weighted by Gasteiger charge is -2.35. The zero-order chi connectivity index (χ0) is 36.1. The molecule has 0 unspecified atom stereocenters. The maximum Gasteiger partial charge on any atom is 0.410 e. The van der Waals surface area contributed by atoms with E-state index in [2.05, 4.69) is 0 Å². The van der Waals surface area contributed by atoms with Gasteiger partial charge < -0.3 is 37.9 Å². The molecule has 0 N–H and O–H groups in total. The van der Waals surface area contributed by atoms with Gasteiger partial charge in [-0.1, -0.05) is 68.1 Å². The first-order chi connectivity index (χ1) is 23.9. The zero-order valence-electron chi connectivity index (χ0n) is 28.5. The van der Waals surface area contributed by atoms with E-state index in [9.17, 15) is 18.0 Å². The average molecular weight is 759 g/mol. The topological polar surface area (TPSA) is 158 Å². The molecule has 4 fully saturated rings. The fourth-order valence-electron chi connectivity index (χ4n) is 6.71. The predicted molar refractivity (Wildman–Crippen MR) is 183 cm³/mol. The third-order valence-electron chi connectivity index (χ3n) is 9.18. The molecule has 2 aromatic rings. The van der Waals surface area contributed by atoms with Crippen LogP contribution in [0.2, 0.25) is 0 Å². The number of nitrogens with zero attached hydrogens (tertiary/aromatic N) is 2. The summed E-state index contributed by atoms with van der Waals surface area (Å²) in [6, 6.07) is 17.6. The summed E-state index contributed by atoms with van der Waals surface area (Å²) in [6.07, 6.45) is -2.05. The molecule has 0 aromatic heterocycles. The summed E-state index contributed by atoms with van der Waals surface area (Å²) in [4.78, 5) is 28.1. The second-order valence-corrected chi connectivity index (χ2v) is 14.3. The molecule has 4 saturated heterocycles. The molecule has 0 bridgehead atoms. The Labute approximate surface area is 304 Å². The van der Waals surface area contributed by atoms with Crippen LogP contribution in [0.4, 0.5) is 9.59 Å². The Hall–Kier alpha value is -3.06. The minimum absolute atomic E-state index is 0. The van der Waals surface area contributed by atoms with Gasteiger partial charge in [-0.3, -0.25) is 14.0 Å². The van der Waals surface area contributed by atoms with Gasteiger partial charge in [-0.25, -0.2) is 9.59 Å². The fourth-order valence-corrected chi connectivity index (χ4v) is 7.69. The number of ether oxygens (including phenoxy) is 8. The number of amides is 2. The van der Waals surface area contributed by atoms with E-state index in [1.807, 2.05) is 60.7 Å². The van der Waals surface area contributed by atoms with Crippen molar-refractivity contribution in [2.24, 2.45) is 0 Å². The van der Waals surface area contributed by atoms with Gasteiger partial charge in [0.25, 0.3) is 10.1 Å². The summed E-state index contributed by atoms with van der Waals surface area (Å²) in [5.74, 6) is -2.24. The van der Waals surface area contributed by atoms with Crippen LogP contribution in [0.5, 0.6) is 0 Å². The number of alkyl halides is 1. The molecule has 17 heteroatoms. The molecule has 0 spiro atoms. The SMILES string of the molecule is C.COC1(OC)CO[C@H]2[C@@H]1N(C(=O)OCc1ccccc1)C[C@@H]2Cl.COC1(OC)CO[C@H]2[C@@H]1N(C(=O)OCc1ccccc1)C[C@H]2OS(C)(=O)=O. The van der Waals surface area contributed by atoms with Crippen molar-refractivity contribution in [3.8, 4) is 0 Å². The number of hydrogen-bond donors (Lipinski definition) is 0. The van der Waals surface area contributed by atoms with Crippen LogP contribution in [-0.2, 0) is 65.4 Å². The van der Waals surface area contributed by atoms with Crippen molar-refractivity contribution >= 4 is 33.9 Å². The Morgan fingerprint density at radius 2 is 1.16 bits per heavy atom. The molecule has 2 amide bonds. The number of methoxy groups -OCH3 is 4. The normalized spacial score (nSPS) is 27.1. The van der Waals surface area contributed by atoms with Gasteiger partial charge in [0.15, 0.2) is 0 Å². The lowest BCUT2D eigenvalue weighted by atomic mass is 10.1. The summed E-state index contributed by atoms with van der Waals surface area (Å²) < 4.78 is 72.5. The average Bonchev–Trinajstić information content (AvgIpc) is 3.88. The minimum atomic E-state index is -3.74. The Morgan fingerprint density at radius 3 is 1.59 bits per heavy atom. The summed E-state index contributed by atoms with van der Waals surface area (Å²) in [5.41, 5.74) is 1.75. The number of carbonyl (C=O) groups excluding carboxylic acids is 2. The maximum absolute atomic E-state index is 12.7. The molecule has 4 heterocycles. The van der Waals surface area contributed by atoms with Gasteiger partial charge in [-0.2, -0.15) is 8.42 Å². The van der Waals surface area contributed by atoms with Crippen LogP contribution < -0.4 is 0 Å². The van der Waals surface area contributed by atoms with Crippen LogP contribution in [0.3, 0.4) is 0 Å². The van der Waals surface area contributed by atoms with Crippen LogP contribution in [0.1, 0.15) is 18.6 Å². The van der Waals surface area contributed by atoms with Gasteiger partial charge >= 0.3 is 12.2 Å². The van der Waals surface area contributed by atoms with E-state index in [4.69, 9.17) is 53.7 Å². The van der Waals surface area contributed by atoms with Crippen LogP contribution in [0.15, 0.2) is 60.7 Å². The molecule has 51 heavy (non-hydrogen) atoms. The van der Waals surface area contributed by atoms with Crippen molar-refractivity contribution in [3.63, 3.8) is 0 Å². The molecule has 15 nitrogen and oxygen atoms in total. The fraction of sp³-hybridized carbons (Fsp3) is 0.588. The van der Waals surface area contributed by atoms with Crippen molar-refractivity contribution in [1.29, 1.82) is 0 Å². The quantitative estimate of drug-likeness (QED) is 0.198. The van der Waals surface area contributed by atoms with E-state index in [1.165, 1.54) is 33.3 Å². The summed E-state index contributed by atoms with van der Waals surface area (Å²) in [6.45, 7) is 0.846. The number of carbonyl (C=O) groups is 2. The Bertz CT molecular complexity index is 1550. The number of benzene rings is 2. The van der Waals surface area contributed by atoms with E-state index in [0.29, 0.717) is 6.54 Å². The first kappa shape index (κ1) is 40.7. The van der Waals surface area contributed by atoms with Crippen LogP contribution in [-0.4, -0.2) is 139 Å². The monoisotopic (exact) mass is 758 g/mol. The van der Waals surface area contributed by atoms with Gasteiger partial charge in [0.2, 0.25) is 11.6 Å². The third-order valence-corrected chi connectivity index (χ3v) is 10.2. The minimum Gasteiger partial charge on any atom is -0.445 e. The molecule has 4 aliphatic heterocycles. The summed E-state index contributed by atoms with van der Waals surface area (Å²) in [7, 11) is 2.20.